The second-order valence-corrected chi connectivity index (χ2v) is 5.04. The summed E-state index contributed by atoms with van der Waals surface area (Å²) in [6.45, 7) is 9.47. The zero-order valence-electron chi connectivity index (χ0n) is 11.6. The van der Waals surface area contributed by atoms with Crippen molar-refractivity contribution >= 4 is 0 Å². The first-order chi connectivity index (χ1) is 8.83. The van der Waals surface area contributed by atoms with Gasteiger partial charge in [0.25, 0.3) is 0 Å². The van der Waals surface area contributed by atoms with Crippen molar-refractivity contribution in [3.8, 4) is 0 Å². The van der Waals surface area contributed by atoms with E-state index in [4.69, 9.17) is 4.74 Å². The second-order valence-electron chi connectivity index (χ2n) is 5.04. The van der Waals surface area contributed by atoms with Gasteiger partial charge in [-0.1, -0.05) is 6.92 Å². The smallest absolute Gasteiger partial charge is 0.0948 e. The van der Waals surface area contributed by atoms with Crippen LogP contribution in [0.5, 0.6) is 0 Å². The molecule has 0 bridgehead atoms. The first-order valence-corrected chi connectivity index (χ1v) is 7.16. The minimum atomic E-state index is 0.427. The van der Waals surface area contributed by atoms with Gasteiger partial charge >= 0.3 is 0 Å². The molecule has 0 N–H and O–H groups in total. The molecule has 0 radical (unpaired) electrons. The van der Waals surface area contributed by atoms with Gasteiger partial charge in [-0.2, -0.15) is 0 Å². The zero-order chi connectivity index (χ0) is 12.8. The number of nitrogens with zero attached hydrogens (tertiary/aromatic N) is 3. The Morgan fingerprint density at radius 3 is 3.11 bits per heavy atom. The Hall–Kier alpha value is -0.870. The summed E-state index contributed by atoms with van der Waals surface area (Å²) in [6, 6.07) is 0. The number of imidazole rings is 1. The third kappa shape index (κ3) is 3.56. The average molecular weight is 251 g/mol. The average Bonchev–Trinajstić information content (AvgIpc) is 2.84. The predicted octanol–water partition coefficient (Wildman–Crippen LogP) is 2.29. The SMILES string of the molecule is CCCOC1CCCN(Cc2cncn2CC)C1. The summed E-state index contributed by atoms with van der Waals surface area (Å²) in [5.41, 5.74) is 1.31. The molecule has 1 fully saturated rings. The van der Waals surface area contributed by atoms with Crippen molar-refractivity contribution in [1.82, 2.24) is 14.5 Å². The highest BCUT2D eigenvalue weighted by atomic mass is 16.5. The van der Waals surface area contributed by atoms with E-state index >= 15 is 0 Å². The molecular weight excluding hydrogens is 226 g/mol. The number of ether oxygens (including phenoxy) is 1. The molecule has 0 saturated carbocycles. The minimum Gasteiger partial charge on any atom is -0.377 e. The molecule has 1 saturated heterocycles. The van der Waals surface area contributed by atoms with E-state index in [1.165, 1.54) is 25.1 Å². The Balaban J connectivity index is 1.85. The van der Waals surface area contributed by atoms with Gasteiger partial charge in [0.15, 0.2) is 0 Å². The molecule has 2 heterocycles. The molecule has 0 aromatic carbocycles. The molecule has 4 heteroatoms. The van der Waals surface area contributed by atoms with Crippen molar-refractivity contribution in [1.29, 1.82) is 0 Å². The predicted molar refractivity (Wildman–Crippen MR) is 72.4 cm³/mol. The minimum absolute atomic E-state index is 0.427. The van der Waals surface area contributed by atoms with Crippen LogP contribution < -0.4 is 0 Å². The summed E-state index contributed by atoms with van der Waals surface area (Å²) in [5, 5.41) is 0. The summed E-state index contributed by atoms with van der Waals surface area (Å²) in [4.78, 5) is 6.73. The van der Waals surface area contributed by atoms with Crippen LogP contribution in [0.3, 0.4) is 0 Å². The summed E-state index contributed by atoms with van der Waals surface area (Å²) < 4.78 is 8.09. The van der Waals surface area contributed by atoms with Crippen molar-refractivity contribution in [3.05, 3.63) is 18.2 Å². The monoisotopic (exact) mass is 251 g/mol. The maximum atomic E-state index is 5.87. The number of hydrogen-bond donors (Lipinski definition) is 0. The van der Waals surface area contributed by atoms with Crippen LogP contribution in [-0.4, -0.2) is 40.3 Å². The number of aromatic nitrogens is 2. The summed E-state index contributed by atoms with van der Waals surface area (Å²) in [5.74, 6) is 0. The van der Waals surface area contributed by atoms with E-state index in [1.54, 1.807) is 0 Å². The first-order valence-electron chi connectivity index (χ1n) is 7.16. The Bertz CT molecular complexity index is 351. The van der Waals surface area contributed by atoms with E-state index in [-0.39, 0.29) is 0 Å². The summed E-state index contributed by atoms with van der Waals surface area (Å²) in [7, 11) is 0. The van der Waals surface area contributed by atoms with E-state index in [1.807, 2.05) is 12.5 Å². The molecule has 2 rings (SSSR count). The van der Waals surface area contributed by atoms with Crippen LogP contribution in [0.4, 0.5) is 0 Å². The fourth-order valence-electron chi connectivity index (χ4n) is 2.57. The first kappa shape index (κ1) is 13.6. The molecule has 1 aliphatic rings. The fourth-order valence-corrected chi connectivity index (χ4v) is 2.57. The number of likely N-dealkylation sites (tertiary alicyclic amines) is 1. The molecule has 0 amide bonds. The van der Waals surface area contributed by atoms with Gasteiger partial charge in [-0.05, 0) is 32.7 Å². The number of aryl methyl sites for hydroxylation is 1. The van der Waals surface area contributed by atoms with Gasteiger partial charge in [-0.25, -0.2) is 4.98 Å². The van der Waals surface area contributed by atoms with E-state index < -0.39 is 0 Å². The van der Waals surface area contributed by atoms with Crippen LogP contribution in [0.2, 0.25) is 0 Å². The zero-order valence-corrected chi connectivity index (χ0v) is 11.6. The van der Waals surface area contributed by atoms with Crippen LogP contribution >= 0.6 is 0 Å². The molecule has 102 valence electrons. The highest BCUT2D eigenvalue weighted by Crippen LogP contribution is 2.16. The van der Waals surface area contributed by atoms with Gasteiger partial charge in [0.05, 0.1) is 18.1 Å². The Morgan fingerprint density at radius 1 is 1.44 bits per heavy atom. The van der Waals surface area contributed by atoms with E-state index in [0.717, 1.165) is 32.7 Å². The third-order valence-corrected chi connectivity index (χ3v) is 3.54. The van der Waals surface area contributed by atoms with E-state index in [9.17, 15) is 0 Å². The molecule has 0 aliphatic carbocycles. The van der Waals surface area contributed by atoms with Crippen molar-refractivity contribution in [2.24, 2.45) is 0 Å². The van der Waals surface area contributed by atoms with Crippen molar-refractivity contribution < 1.29 is 4.74 Å². The summed E-state index contributed by atoms with van der Waals surface area (Å²) in [6.07, 6.45) is 7.90. The van der Waals surface area contributed by atoms with Gasteiger partial charge in [-0.15, -0.1) is 0 Å². The van der Waals surface area contributed by atoms with Crippen LogP contribution in [0.25, 0.3) is 0 Å². The van der Waals surface area contributed by atoms with Crippen molar-refractivity contribution in [2.45, 2.75) is 52.3 Å². The molecule has 1 aromatic heterocycles. The molecule has 18 heavy (non-hydrogen) atoms. The summed E-state index contributed by atoms with van der Waals surface area (Å²) >= 11 is 0. The number of hydrogen-bond acceptors (Lipinski definition) is 3. The van der Waals surface area contributed by atoms with Crippen molar-refractivity contribution in [2.75, 3.05) is 19.7 Å². The lowest BCUT2D eigenvalue weighted by Gasteiger charge is -2.32. The highest BCUT2D eigenvalue weighted by molar-refractivity contribution is 4.98. The Kier molecular flexibility index (Phi) is 5.20. The van der Waals surface area contributed by atoms with Gasteiger partial charge in [0.1, 0.15) is 0 Å². The Morgan fingerprint density at radius 2 is 2.33 bits per heavy atom. The molecule has 1 aromatic rings. The maximum absolute atomic E-state index is 5.87. The number of piperidine rings is 1. The molecule has 1 aliphatic heterocycles. The lowest BCUT2D eigenvalue weighted by molar-refractivity contribution is -0.00276. The maximum Gasteiger partial charge on any atom is 0.0948 e. The molecule has 1 atom stereocenters. The number of rotatable bonds is 6. The molecule has 1 unspecified atom stereocenters. The lowest BCUT2D eigenvalue weighted by atomic mass is 10.1. The van der Waals surface area contributed by atoms with Crippen LogP contribution in [0.1, 0.15) is 38.8 Å². The largest absolute Gasteiger partial charge is 0.377 e. The highest BCUT2D eigenvalue weighted by Gasteiger charge is 2.20. The third-order valence-electron chi connectivity index (χ3n) is 3.54. The fraction of sp³-hybridized carbons (Fsp3) is 0.786. The van der Waals surface area contributed by atoms with E-state index in [0.29, 0.717) is 6.10 Å². The molecular formula is C14H25N3O. The van der Waals surface area contributed by atoms with Crippen LogP contribution in [0.15, 0.2) is 12.5 Å². The van der Waals surface area contributed by atoms with Crippen LogP contribution in [-0.2, 0) is 17.8 Å². The normalized spacial score (nSPS) is 21.3. The standard InChI is InChI=1S/C14H25N3O/c1-3-8-18-14-6-5-7-16(11-14)10-13-9-15-12-17(13)4-2/h9,12,14H,3-8,10-11H2,1-2H3. The van der Waals surface area contributed by atoms with Gasteiger partial charge < -0.3 is 9.30 Å². The molecule has 0 spiro atoms. The topological polar surface area (TPSA) is 30.3 Å². The van der Waals surface area contributed by atoms with Gasteiger partial charge in [0.2, 0.25) is 0 Å². The second kappa shape index (κ2) is 6.90. The van der Waals surface area contributed by atoms with Crippen LogP contribution in [0, 0.1) is 0 Å². The van der Waals surface area contributed by atoms with E-state index in [2.05, 4.69) is 28.3 Å². The van der Waals surface area contributed by atoms with Gasteiger partial charge in [0, 0.05) is 32.4 Å². The molecule has 4 nitrogen and oxygen atoms in total. The Labute approximate surface area is 110 Å². The van der Waals surface area contributed by atoms with Gasteiger partial charge in [-0.3, -0.25) is 4.90 Å². The quantitative estimate of drug-likeness (QED) is 0.777. The van der Waals surface area contributed by atoms with Crippen molar-refractivity contribution in [3.63, 3.8) is 0 Å². The lowest BCUT2D eigenvalue weighted by Crippen LogP contribution is -2.39.